The van der Waals surface area contributed by atoms with E-state index in [0.29, 0.717) is 12.8 Å². The standard InChI is InChI=1S/C11H13N3O2/c1-7-2-3-8(6-12-7)13-9-4-5-10(15)14-11(9)16/h2-3,6,9,13H,4-5H2,1H3,(H,14,15,16). The van der Waals surface area contributed by atoms with Crippen LogP contribution in [-0.4, -0.2) is 22.8 Å². The van der Waals surface area contributed by atoms with Gasteiger partial charge in [-0.15, -0.1) is 0 Å². The van der Waals surface area contributed by atoms with E-state index >= 15 is 0 Å². The van der Waals surface area contributed by atoms with Gasteiger partial charge in [-0.05, 0) is 25.5 Å². The van der Waals surface area contributed by atoms with Gasteiger partial charge < -0.3 is 5.32 Å². The van der Waals surface area contributed by atoms with Crippen molar-refractivity contribution in [3.63, 3.8) is 0 Å². The highest BCUT2D eigenvalue weighted by molar-refractivity contribution is 6.01. The number of imide groups is 1. The summed E-state index contributed by atoms with van der Waals surface area (Å²) in [6, 6.07) is 3.39. The second-order valence-electron chi connectivity index (χ2n) is 3.84. The topological polar surface area (TPSA) is 71.1 Å². The molecular weight excluding hydrogens is 206 g/mol. The zero-order valence-corrected chi connectivity index (χ0v) is 8.99. The molecule has 1 aliphatic heterocycles. The third-order valence-corrected chi connectivity index (χ3v) is 2.49. The minimum Gasteiger partial charge on any atom is -0.372 e. The van der Waals surface area contributed by atoms with Crippen LogP contribution in [0.1, 0.15) is 18.5 Å². The van der Waals surface area contributed by atoms with Crippen molar-refractivity contribution in [3.05, 3.63) is 24.0 Å². The molecule has 1 atom stereocenters. The molecule has 1 unspecified atom stereocenters. The highest BCUT2D eigenvalue weighted by Crippen LogP contribution is 2.12. The Hall–Kier alpha value is -1.91. The van der Waals surface area contributed by atoms with Gasteiger partial charge in [-0.1, -0.05) is 0 Å². The summed E-state index contributed by atoms with van der Waals surface area (Å²) in [4.78, 5) is 26.5. The largest absolute Gasteiger partial charge is 0.372 e. The summed E-state index contributed by atoms with van der Waals surface area (Å²) < 4.78 is 0. The maximum atomic E-state index is 11.5. The van der Waals surface area contributed by atoms with Gasteiger partial charge in [-0.2, -0.15) is 0 Å². The number of carbonyl (C=O) groups is 2. The summed E-state index contributed by atoms with van der Waals surface area (Å²) in [6.07, 6.45) is 2.58. The smallest absolute Gasteiger partial charge is 0.249 e. The molecule has 2 amide bonds. The van der Waals surface area contributed by atoms with Crippen LogP contribution in [0.5, 0.6) is 0 Å². The van der Waals surface area contributed by atoms with Gasteiger partial charge in [0.05, 0.1) is 11.9 Å². The van der Waals surface area contributed by atoms with E-state index in [1.54, 1.807) is 6.20 Å². The minimum absolute atomic E-state index is 0.204. The Balaban J connectivity index is 2.02. The SMILES string of the molecule is Cc1ccc(NC2CCC(=O)NC2=O)cn1. The number of nitrogens with zero attached hydrogens (tertiary/aromatic N) is 1. The fraction of sp³-hybridized carbons (Fsp3) is 0.364. The van der Waals surface area contributed by atoms with E-state index < -0.39 is 0 Å². The van der Waals surface area contributed by atoms with Gasteiger partial charge in [0.2, 0.25) is 11.8 Å². The van der Waals surface area contributed by atoms with Gasteiger partial charge in [-0.3, -0.25) is 19.9 Å². The van der Waals surface area contributed by atoms with Gasteiger partial charge in [0.15, 0.2) is 0 Å². The third-order valence-electron chi connectivity index (χ3n) is 2.49. The zero-order chi connectivity index (χ0) is 11.5. The fourth-order valence-electron chi connectivity index (χ4n) is 1.59. The number of aromatic nitrogens is 1. The predicted molar refractivity (Wildman–Crippen MR) is 58.8 cm³/mol. The Morgan fingerprint density at radius 2 is 2.25 bits per heavy atom. The summed E-state index contributed by atoms with van der Waals surface area (Å²) in [5, 5.41) is 5.35. The molecule has 1 aromatic heterocycles. The zero-order valence-electron chi connectivity index (χ0n) is 8.99. The maximum absolute atomic E-state index is 11.5. The first kappa shape index (κ1) is 10.6. The van der Waals surface area contributed by atoms with Crippen LogP contribution >= 0.6 is 0 Å². The molecule has 0 saturated carbocycles. The van der Waals surface area contributed by atoms with Crippen LogP contribution in [-0.2, 0) is 9.59 Å². The van der Waals surface area contributed by atoms with Gasteiger partial charge in [0.1, 0.15) is 6.04 Å². The van der Waals surface area contributed by atoms with Crippen LogP contribution in [0.25, 0.3) is 0 Å². The monoisotopic (exact) mass is 219 g/mol. The number of aryl methyl sites for hydroxylation is 1. The van der Waals surface area contributed by atoms with Crippen LogP contribution in [0, 0.1) is 6.92 Å². The molecule has 1 fully saturated rings. The van der Waals surface area contributed by atoms with Gasteiger partial charge in [-0.25, -0.2) is 0 Å². The lowest BCUT2D eigenvalue weighted by Gasteiger charge is -2.22. The summed E-state index contributed by atoms with van der Waals surface area (Å²) in [7, 11) is 0. The van der Waals surface area contributed by atoms with Crippen LogP contribution in [0.2, 0.25) is 0 Å². The van der Waals surface area contributed by atoms with Gasteiger partial charge in [0.25, 0.3) is 0 Å². The number of anilines is 1. The highest BCUT2D eigenvalue weighted by atomic mass is 16.2. The molecule has 1 aliphatic rings. The number of carbonyl (C=O) groups excluding carboxylic acids is 2. The van der Waals surface area contributed by atoms with Crippen molar-refractivity contribution in [2.75, 3.05) is 5.32 Å². The molecule has 0 aromatic carbocycles. The summed E-state index contributed by atoms with van der Waals surface area (Å²) in [5.41, 5.74) is 1.72. The number of rotatable bonds is 2. The van der Waals surface area contributed by atoms with E-state index in [1.807, 2.05) is 19.1 Å². The molecule has 2 N–H and O–H groups in total. The first-order chi connectivity index (χ1) is 7.65. The Bertz CT molecular complexity index is 414. The van der Waals surface area contributed by atoms with E-state index in [4.69, 9.17) is 0 Å². The molecule has 5 nitrogen and oxygen atoms in total. The molecule has 2 heterocycles. The van der Waals surface area contributed by atoms with Gasteiger partial charge >= 0.3 is 0 Å². The lowest BCUT2D eigenvalue weighted by molar-refractivity contribution is -0.133. The van der Waals surface area contributed by atoms with Crippen LogP contribution in [0.4, 0.5) is 5.69 Å². The maximum Gasteiger partial charge on any atom is 0.249 e. The van der Waals surface area contributed by atoms with Crippen molar-refractivity contribution >= 4 is 17.5 Å². The second kappa shape index (κ2) is 4.30. The lowest BCUT2D eigenvalue weighted by atomic mass is 10.1. The molecule has 84 valence electrons. The number of hydrogen-bond donors (Lipinski definition) is 2. The Kier molecular flexibility index (Phi) is 2.85. The van der Waals surface area contributed by atoms with Gasteiger partial charge in [0, 0.05) is 12.1 Å². The van der Waals surface area contributed by atoms with Crippen LogP contribution < -0.4 is 10.6 Å². The highest BCUT2D eigenvalue weighted by Gasteiger charge is 2.26. The Labute approximate surface area is 93.3 Å². The number of hydrogen-bond acceptors (Lipinski definition) is 4. The molecule has 1 saturated heterocycles. The first-order valence-electron chi connectivity index (χ1n) is 5.18. The van der Waals surface area contributed by atoms with E-state index in [2.05, 4.69) is 15.6 Å². The predicted octanol–water partition coefficient (Wildman–Crippen LogP) is 0.607. The molecule has 16 heavy (non-hydrogen) atoms. The normalized spacial score (nSPS) is 20.4. The van der Waals surface area contributed by atoms with Crippen molar-refractivity contribution in [1.29, 1.82) is 0 Å². The van der Waals surface area contributed by atoms with E-state index in [9.17, 15) is 9.59 Å². The average molecular weight is 219 g/mol. The van der Waals surface area contributed by atoms with Crippen molar-refractivity contribution in [2.45, 2.75) is 25.8 Å². The third kappa shape index (κ3) is 2.36. The van der Waals surface area contributed by atoms with E-state index in [0.717, 1.165) is 11.4 Å². The second-order valence-corrected chi connectivity index (χ2v) is 3.84. The molecule has 2 rings (SSSR count). The molecule has 0 bridgehead atoms. The van der Waals surface area contributed by atoms with Crippen LogP contribution in [0.3, 0.4) is 0 Å². The number of nitrogens with one attached hydrogen (secondary N) is 2. The number of amides is 2. The molecule has 0 aliphatic carbocycles. The summed E-state index contributed by atoms with van der Waals surface area (Å²) in [5.74, 6) is -0.470. The van der Waals surface area contributed by atoms with Crippen LogP contribution in [0.15, 0.2) is 18.3 Å². The number of piperidine rings is 1. The lowest BCUT2D eigenvalue weighted by Crippen LogP contribution is -2.47. The van der Waals surface area contributed by atoms with E-state index in [1.165, 1.54) is 0 Å². The molecule has 0 spiro atoms. The van der Waals surface area contributed by atoms with Crippen molar-refractivity contribution in [1.82, 2.24) is 10.3 Å². The molecule has 5 heteroatoms. The molecule has 0 radical (unpaired) electrons. The number of pyridine rings is 1. The minimum atomic E-state index is -0.345. The average Bonchev–Trinajstić information content (AvgIpc) is 2.25. The molecule has 1 aromatic rings. The summed E-state index contributed by atoms with van der Waals surface area (Å²) in [6.45, 7) is 1.90. The fourth-order valence-corrected chi connectivity index (χ4v) is 1.59. The quantitative estimate of drug-likeness (QED) is 0.715. The van der Waals surface area contributed by atoms with Crippen molar-refractivity contribution in [3.8, 4) is 0 Å². The van der Waals surface area contributed by atoms with E-state index in [-0.39, 0.29) is 17.9 Å². The van der Waals surface area contributed by atoms with Crippen molar-refractivity contribution < 1.29 is 9.59 Å². The molecular formula is C11H13N3O2. The van der Waals surface area contributed by atoms with Crippen molar-refractivity contribution in [2.24, 2.45) is 0 Å². The Morgan fingerprint density at radius 1 is 1.44 bits per heavy atom. The first-order valence-corrected chi connectivity index (χ1v) is 5.18. The summed E-state index contributed by atoms with van der Waals surface area (Å²) >= 11 is 0. The Morgan fingerprint density at radius 3 is 2.88 bits per heavy atom.